The van der Waals surface area contributed by atoms with Crippen molar-refractivity contribution in [1.82, 2.24) is 9.97 Å². The molecule has 0 aliphatic rings. The maximum absolute atomic E-state index is 4.23. The molecule has 0 spiro atoms. The molecule has 2 aromatic rings. The molecule has 14 heavy (non-hydrogen) atoms. The average Bonchev–Trinajstić information content (AvgIpc) is 2.60. The smallest absolute Gasteiger partial charge is 0.138 e. The molecule has 0 unspecified atom stereocenters. The van der Waals surface area contributed by atoms with Gasteiger partial charge in [0.15, 0.2) is 0 Å². The topological polar surface area (TPSA) is 40.7 Å². The van der Waals surface area contributed by atoms with Crippen molar-refractivity contribution in [3.05, 3.63) is 24.4 Å². The van der Waals surface area contributed by atoms with Crippen molar-refractivity contribution in [2.24, 2.45) is 0 Å². The minimum absolute atomic E-state index is 0.950. The highest BCUT2D eigenvalue weighted by Crippen LogP contribution is 2.15. The molecule has 0 amide bonds. The lowest BCUT2D eigenvalue weighted by molar-refractivity contribution is 0.832. The molecule has 0 fully saturated rings. The summed E-state index contributed by atoms with van der Waals surface area (Å²) in [5, 5.41) is 4.50. The van der Waals surface area contributed by atoms with Crippen LogP contribution in [0.15, 0.2) is 24.4 Å². The molecule has 0 atom stereocenters. The van der Waals surface area contributed by atoms with Crippen LogP contribution >= 0.6 is 0 Å². The lowest BCUT2D eigenvalue weighted by Gasteiger charge is -2.00. The number of hydrogen-bond acceptors (Lipinski definition) is 2. The van der Waals surface area contributed by atoms with Gasteiger partial charge in [0, 0.05) is 18.1 Å². The standard InChI is InChI=1S/C11H15N3/c1-2-3-6-12-10-8-9-5-4-7-13-11(9)14-10/h4-5,7-8,12H,2-3,6H2,1H3,(H,13,14). The highest BCUT2D eigenvalue weighted by Gasteiger charge is 1.98. The molecule has 2 rings (SSSR count). The highest BCUT2D eigenvalue weighted by atomic mass is 15.0. The summed E-state index contributed by atoms with van der Waals surface area (Å²) in [6.07, 6.45) is 4.21. The number of rotatable bonds is 4. The third kappa shape index (κ3) is 1.87. The number of fused-ring (bicyclic) bond motifs is 1. The summed E-state index contributed by atoms with van der Waals surface area (Å²) < 4.78 is 0. The van der Waals surface area contributed by atoms with E-state index in [0.29, 0.717) is 0 Å². The number of hydrogen-bond donors (Lipinski definition) is 2. The summed E-state index contributed by atoms with van der Waals surface area (Å²) >= 11 is 0. The van der Waals surface area contributed by atoms with Gasteiger partial charge in [-0.05, 0) is 24.6 Å². The van der Waals surface area contributed by atoms with Crippen LogP contribution in [0.25, 0.3) is 11.0 Å². The van der Waals surface area contributed by atoms with Crippen molar-refractivity contribution < 1.29 is 0 Å². The van der Waals surface area contributed by atoms with Gasteiger partial charge in [-0.25, -0.2) is 4.98 Å². The first-order valence-corrected chi connectivity index (χ1v) is 5.08. The molecule has 74 valence electrons. The van der Waals surface area contributed by atoms with E-state index in [1.807, 2.05) is 6.07 Å². The van der Waals surface area contributed by atoms with Crippen LogP contribution in [0, 0.1) is 0 Å². The van der Waals surface area contributed by atoms with E-state index >= 15 is 0 Å². The first kappa shape index (κ1) is 9.06. The van der Waals surface area contributed by atoms with Crippen LogP contribution in [-0.4, -0.2) is 16.5 Å². The van der Waals surface area contributed by atoms with Gasteiger partial charge < -0.3 is 10.3 Å². The van der Waals surface area contributed by atoms with Gasteiger partial charge in [0.1, 0.15) is 11.5 Å². The molecule has 0 saturated heterocycles. The second-order valence-electron chi connectivity index (χ2n) is 3.40. The summed E-state index contributed by atoms with van der Waals surface area (Å²) in [7, 11) is 0. The molecule has 3 nitrogen and oxygen atoms in total. The number of pyridine rings is 1. The zero-order chi connectivity index (χ0) is 9.80. The summed E-state index contributed by atoms with van der Waals surface area (Å²) in [6.45, 7) is 3.21. The molecule has 0 aliphatic carbocycles. The fourth-order valence-corrected chi connectivity index (χ4v) is 1.45. The van der Waals surface area contributed by atoms with Crippen molar-refractivity contribution in [1.29, 1.82) is 0 Å². The number of nitrogens with zero attached hydrogens (tertiary/aromatic N) is 1. The van der Waals surface area contributed by atoms with Crippen LogP contribution in [0.3, 0.4) is 0 Å². The summed E-state index contributed by atoms with van der Waals surface area (Å²) in [5.41, 5.74) is 0.950. The second-order valence-corrected chi connectivity index (χ2v) is 3.40. The lowest BCUT2D eigenvalue weighted by Crippen LogP contribution is -2.00. The SMILES string of the molecule is CCCCNc1cc2cccnc2[nH]1. The van der Waals surface area contributed by atoms with Crippen molar-refractivity contribution in [2.45, 2.75) is 19.8 Å². The van der Waals surface area contributed by atoms with Gasteiger partial charge in [-0.15, -0.1) is 0 Å². The predicted octanol–water partition coefficient (Wildman–Crippen LogP) is 2.77. The maximum atomic E-state index is 4.23. The zero-order valence-corrected chi connectivity index (χ0v) is 8.38. The molecular formula is C11H15N3. The van der Waals surface area contributed by atoms with E-state index in [1.165, 1.54) is 12.8 Å². The van der Waals surface area contributed by atoms with Crippen LogP contribution in [0.1, 0.15) is 19.8 Å². The van der Waals surface area contributed by atoms with E-state index in [2.05, 4.69) is 34.3 Å². The van der Waals surface area contributed by atoms with Crippen LogP contribution in [0.2, 0.25) is 0 Å². The number of unbranched alkanes of at least 4 members (excludes halogenated alkanes) is 1. The van der Waals surface area contributed by atoms with E-state index in [-0.39, 0.29) is 0 Å². The Kier molecular flexibility index (Phi) is 2.68. The Labute approximate surface area is 83.6 Å². The minimum atomic E-state index is 0.950. The Hall–Kier alpha value is -1.51. The van der Waals surface area contributed by atoms with E-state index < -0.39 is 0 Å². The number of anilines is 1. The molecule has 0 saturated carbocycles. The van der Waals surface area contributed by atoms with Gasteiger partial charge in [-0.1, -0.05) is 13.3 Å². The molecule has 0 bridgehead atoms. The fourth-order valence-electron chi connectivity index (χ4n) is 1.45. The average molecular weight is 189 g/mol. The quantitative estimate of drug-likeness (QED) is 0.726. The van der Waals surface area contributed by atoms with Gasteiger partial charge in [0.25, 0.3) is 0 Å². The Morgan fingerprint density at radius 1 is 1.50 bits per heavy atom. The largest absolute Gasteiger partial charge is 0.372 e. The van der Waals surface area contributed by atoms with E-state index in [0.717, 1.165) is 23.4 Å². The van der Waals surface area contributed by atoms with Crippen LogP contribution < -0.4 is 5.32 Å². The molecule has 2 aromatic heterocycles. The van der Waals surface area contributed by atoms with Crippen LogP contribution in [-0.2, 0) is 0 Å². The highest BCUT2D eigenvalue weighted by molar-refractivity contribution is 5.80. The monoisotopic (exact) mass is 189 g/mol. The van der Waals surface area contributed by atoms with Gasteiger partial charge >= 0.3 is 0 Å². The molecule has 0 radical (unpaired) electrons. The summed E-state index contributed by atoms with van der Waals surface area (Å²) in [4.78, 5) is 7.47. The third-order valence-corrected chi connectivity index (χ3v) is 2.24. The maximum Gasteiger partial charge on any atom is 0.138 e. The minimum Gasteiger partial charge on any atom is -0.372 e. The normalized spacial score (nSPS) is 10.6. The zero-order valence-electron chi connectivity index (χ0n) is 8.38. The van der Waals surface area contributed by atoms with Gasteiger partial charge in [0.2, 0.25) is 0 Å². The van der Waals surface area contributed by atoms with Crippen molar-refractivity contribution in [3.63, 3.8) is 0 Å². The Bertz CT molecular complexity index is 373. The number of H-pyrrole nitrogens is 1. The predicted molar refractivity (Wildman–Crippen MR) is 59.5 cm³/mol. The third-order valence-electron chi connectivity index (χ3n) is 2.24. The Balaban J connectivity index is 2.11. The van der Waals surface area contributed by atoms with Crippen LogP contribution in [0.5, 0.6) is 0 Å². The van der Waals surface area contributed by atoms with Crippen molar-refractivity contribution >= 4 is 16.9 Å². The molecule has 2 N–H and O–H groups in total. The van der Waals surface area contributed by atoms with Gasteiger partial charge in [-0.2, -0.15) is 0 Å². The lowest BCUT2D eigenvalue weighted by atomic mass is 10.3. The molecule has 0 aromatic carbocycles. The molecule has 3 heteroatoms. The second kappa shape index (κ2) is 4.13. The number of nitrogens with one attached hydrogen (secondary N) is 2. The Morgan fingerprint density at radius 3 is 3.21 bits per heavy atom. The summed E-state index contributed by atoms with van der Waals surface area (Å²) in [6, 6.07) is 6.10. The Morgan fingerprint density at radius 2 is 2.43 bits per heavy atom. The van der Waals surface area contributed by atoms with E-state index in [1.54, 1.807) is 6.20 Å². The number of aromatic amines is 1. The molecule has 2 heterocycles. The van der Waals surface area contributed by atoms with Gasteiger partial charge in [0.05, 0.1) is 0 Å². The molecule has 0 aliphatic heterocycles. The van der Waals surface area contributed by atoms with E-state index in [4.69, 9.17) is 0 Å². The van der Waals surface area contributed by atoms with Gasteiger partial charge in [-0.3, -0.25) is 0 Å². The van der Waals surface area contributed by atoms with Crippen molar-refractivity contribution in [3.8, 4) is 0 Å². The first-order chi connectivity index (χ1) is 6.90. The fraction of sp³-hybridized carbons (Fsp3) is 0.364. The van der Waals surface area contributed by atoms with Crippen molar-refractivity contribution in [2.75, 3.05) is 11.9 Å². The van der Waals surface area contributed by atoms with Crippen LogP contribution in [0.4, 0.5) is 5.82 Å². The molecular weight excluding hydrogens is 174 g/mol. The summed E-state index contributed by atoms with van der Waals surface area (Å²) in [5.74, 6) is 1.06. The van der Waals surface area contributed by atoms with E-state index in [9.17, 15) is 0 Å². The first-order valence-electron chi connectivity index (χ1n) is 5.08. The number of aromatic nitrogens is 2.